The molecule has 0 fully saturated rings. The van der Waals surface area contributed by atoms with Crippen molar-refractivity contribution in [1.29, 1.82) is 0 Å². The highest BCUT2D eigenvalue weighted by molar-refractivity contribution is 5.91. The predicted molar refractivity (Wildman–Crippen MR) is 80.8 cm³/mol. The van der Waals surface area contributed by atoms with E-state index in [-0.39, 0.29) is 0 Å². The van der Waals surface area contributed by atoms with Crippen LogP contribution in [0.4, 0.5) is 0 Å². The smallest absolute Gasteiger partial charge is 0.153 e. The molecule has 0 aliphatic rings. The molecule has 0 aliphatic carbocycles. The third-order valence-electron chi connectivity index (χ3n) is 3.39. The summed E-state index contributed by atoms with van der Waals surface area (Å²) in [5, 5.41) is 6.88. The summed E-state index contributed by atoms with van der Waals surface area (Å²) in [6.45, 7) is 2.92. The highest BCUT2D eigenvalue weighted by Gasteiger charge is 2.10. The van der Waals surface area contributed by atoms with Gasteiger partial charge in [0.25, 0.3) is 0 Å². The Morgan fingerprint density at radius 2 is 1.95 bits per heavy atom. The lowest BCUT2D eigenvalue weighted by molar-refractivity contribution is 0.112. The van der Waals surface area contributed by atoms with Crippen molar-refractivity contribution in [1.82, 2.24) is 9.78 Å². The highest BCUT2D eigenvalue weighted by Crippen LogP contribution is 2.25. The summed E-state index contributed by atoms with van der Waals surface area (Å²) in [4.78, 5) is 11.2. The number of hydrogen-bond donors (Lipinski definition) is 0. The number of carbonyl (C=O) groups excluding carboxylic acids is 1. The van der Waals surface area contributed by atoms with E-state index < -0.39 is 0 Å². The Bertz CT molecular complexity index is 759. The first-order chi connectivity index (χ1) is 9.81. The lowest BCUT2D eigenvalue weighted by Gasteiger charge is -2.02. The number of carbonyl (C=O) groups is 1. The zero-order chi connectivity index (χ0) is 13.9. The Balaban J connectivity index is 2.11. The standard InChI is InChI=1S/C17H16N2O/c1-2-9-19-11-16(12-20)17(18-19)15-8-7-13-5-3-4-6-14(13)10-15/h3-8,10-12H,2,9H2,1H3. The third-order valence-corrected chi connectivity index (χ3v) is 3.39. The Morgan fingerprint density at radius 1 is 1.15 bits per heavy atom. The second-order valence-corrected chi connectivity index (χ2v) is 4.88. The molecule has 1 aromatic heterocycles. The summed E-state index contributed by atoms with van der Waals surface area (Å²) >= 11 is 0. The molecule has 0 saturated carbocycles. The van der Waals surface area contributed by atoms with Crippen LogP contribution in [0.5, 0.6) is 0 Å². The van der Waals surface area contributed by atoms with Crippen molar-refractivity contribution in [2.75, 3.05) is 0 Å². The van der Waals surface area contributed by atoms with Crippen LogP contribution in [-0.4, -0.2) is 16.1 Å². The molecule has 3 rings (SSSR count). The van der Waals surface area contributed by atoms with Crippen LogP contribution in [0.1, 0.15) is 23.7 Å². The fraction of sp³-hybridized carbons (Fsp3) is 0.176. The third kappa shape index (κ3) is 2.23. The molecule has 0 aliphatic heterocycles. The van der Waals surface area contributed by atoms with Gasteiger partial charge < -0.3 is 0 Å². The molecule has 0 spiro atoms. The van der Waals surface area contributed by atoms with Crippen LogP contribution in [0.3, 0.4) is 0 Å². The van der Waals surface area contributed by atoms with Gasteiger partial charge in [-0.1, -0.05) is 43.3 Å². The number of nitrogens with zero attached hydrogens (tertiary/aromatic N) is 2. The Kier molecular flexibility index (Phi) is 3.33. The lowest BCUT2D eigenvalue weighted by Crippen LogP contribution is -1.96. The van der Waals surface area contributed by atoms with Gasteiger partial charge in [-0.2, -0.15) is 5.10 Å². The summed E-state index contributed by atoms with van der Waals surface area (Å²) in [5.74, 6) is 0. The molecular weight excluding hydrogens is 248 g/mol. The van der Waals surface area contributed by atoms with Gasteiger partial charge in [0.1, 0.15) is 5.69 Å². The molecule has 0 N–H and O–H groups in total. The van der Waals surface area contributed by atoms with Gasteiger partial charge in [0, 0.05) is 18.3 Å². The lowest BCUT2D eigenvalue weighted by atomic mass is 10.0. The first-order valence-corrected chi connectivity index (χ1v) is 6.83. The highest BCUT2D eigenvalue weighted by atomic mass is 16.1. The molecule has 100 valence electrons. The van der Waals surface area contributed by atoms with E-state index in [1.165, 1.54) is 5.39 Å². The molecule has 2 aromatic carbocycles. The summed E-state index contributed by atoms with van der Waals surface area (Å²) in [7, 11) is 0. The van der Waals surface area contributed by atoms with E-state index in [1.54, 1.807) is 0 Å². The summed E-state index contributed by atoms with van der Waals surface area (Å²) in [6, 6.07) is 14.4. The number of aryl methyl sites for hydroxylation is 1. The van der Waals surface area contributed by atoms with Gasteiger partial charge >= 0.3 is 0 Å². The number of fused-ring (bicyclic) bond motifs is 1. The Hall–Kier alpha value is -2.42. The van der Waals surface area contributed by atoms with Gasteiger partial charge in [-0.25, -0.2) is 0 Å². The average molecular weight is 264 g/mol. The van der Waals surface area contributed by atoms with Crippen molar-refractivity contribution in [2.24, 2.45) is 0 Å². The van der Waals surface area contributed by atoms with Crippen LogP contribution < -0.4 is 0 Å². The maximum Gasteiger partial charge on any atom is 0.153 e. The molecular formula is C17H16N2O. The molecule has 3 aromatic rings. The molecule has 0 atom stereocenters. The van der Waals surface area contributed by atoms with Gasteiger partial charge in [0.15, 0.2) is 6.29 Å². The molecule has 0 amide bonds. The largest absolute Gasteiger partial charge is 0.298 e. The number of benzene rings is 2. The maximum atomic E-state index is 11.2. The topological polar surface area (TPSA) is 34.9 Å². The van der Waals surface area contributed by atoms with E-state index in [1.807, 2.05) is 29.1 Å². The minimum atomic E-state index is 0.647. The fourth-order valence-corrected chi connectivity index (χ4v) is 2.43. The predicted octanol–water partition coefficient (Wildman–Crippen LogP) is 3.93. The molecule has 0 bridgehead atoms. The molecule has 0 unspecified atom stereocenters. The maximum absolute atomic E-state index is 11.2. The minimum absolute atomic E-state index is 0.647. The second kappa shape index (κ2) is 5.29. The van der Waals surface area contributed by atoms with E-state index in [0.717, 1.165) is 35.9 Å². The molecule has 20 heavy (non-hydrogen) atoms. The van der Waals surface area contributed by atoms with Crippen LogP contribution in [0.25, 0.3) is 22.0 Å². The SMILES string of the molecule is CCCn1cc(C=O)c(-c2ccc3ccccc3c2)n1. The first kappa shape index (κ1) is 12.6. The first-order valence-electron chi connectivity index (χ1n) is 6.83. The molecule has 0 saturated heterocycles. The molecule has 0 radical (unpaired) electrons. The number of aromatic nitrogens is 2. The average Bonchev–Trinajstić information content (AvgIpc) is 2.90. The number of hydrogen-bond acceptors (Lipinski definition) is 2. The van der Waals surface area contributed by atoms with Crippen LogP contribution in [0.15, 0.2) is 48.7 Å². The van der Waals surface area contributed by atoms with Crippen molar-refractivity contribution in [2.45, 2.75) is 19.9 Å². The molecule has 3 nitrogen and oxygen atoms in total. The van der Waals surface area contributed by atoms with Crippen LogP contribution in [0, 0.1) is 0 Å². The summed E-state index contributed by atoms with van der Waals surface area (Å²) < 4.78 is 1.84. The fourth-order valence-electron chi connectivity index (χ4n) is 2.43. The minimum Gasteiger partial charge on any atom is -0.298 e. The zero-order valence-electron chi connectivity index (χ0n) is 11.4. The van der Waals surface area contributed by atoms with Gasteiger partial charge in [-0.15, -0.1) is 0 Å². The van der Waals surface area contributed by atoms with Gasteiger partial charge in [0.2, 0.25) is 0 Å². The summed E-state index contributed by atoms with van der Waals surface area (Å²) in [5.41, 5.74) is 2.40. The van der Waals surface area contributed by atoms with Crippen molar-refractivity contribution >= 4 is 17.1 Å². The van der Waals surface area contributed by atoms with Gasteiger partial charge in [0.05, 0.1) is 5.56 Å². The van der Waals surface area contributed by atoms with Crippen molar-refractivity contribution in [3.8, 4) is 11.3 Å². The van der Waals surface area contributed by atoms with Crippen molar-refractivity contribution in [3.05, 3.63) is 54.2 Å². The Labute approximate surface area is 117 Å². The normalized spacial score (nSPS) is 10.8. The number of aldehydes is 1. The van der Waals surface area contributed by atoms with E-state index in [2.05, 4.69) is 36.3 Å². The van der Waals surface area contributed by atoms with E-state index in [9.17, 15) is 4.79 Å². The van der Waals surface area contributed by atoms with Crippen LogP contribution >= 0.6 is 0 Å². The second-order valence-electron chi connectivity index (χ2n) is 4.88. The molecule has 3 heteroatoms. The molecule has 1 heterocycles. The van der Waals surface area contributed by atoms with Crippen LogP contribution in [0.2, 0.25) is 0 Å². The van der Waals surface area contributed by atoms with Gasteiger partial charge in [-0.3, -0.25) is 9.48 Å². The number of rotatable bonds is 4. The van der Waals surface area contributed by atoms with Crippen LogP contribution in [-0.2, 0) is 6.54 Å². The van der Waals surface area contributed by atoms with E-state index >= 15 is 0 Å². The van der Waals surface area contributed by atoms with E-state index in [0.29, 0.717) is 5.56 Å². The quantitative estimate of drug-likeness (QED) is 0.669. The van der Waals surface area contributed by atoms with E-state index in [4.69, 9.17) is 0 Å². The van der Waals surface area contributed by atoms with Crippen molar-refractivity contribution in [3.63, 3.8) is 0 Å². The van der Waals surface area contributed by atoms with Gasteiger partial charge in [-0.05, 0) is 23.3 Å². The zero-order valence-corrected chi connectivity index (χ0v) is 11.4. The summed E-state index contributed by atoms with van der Waals surface area (Å²) in [6.07, 6.45) is 3.70. The Morgan fingerprint density at radius 3 is 2.70 bits per heavy atom. The van der Waals surface area contributed by atoms with Crippen molar-refractivity contribution < 1.29 is 4.79 Å². The monoisotopic (exact) mass is 264 g/mol.